The molecule has 106 valence electrons. The van der Waals surface area contributed by atoms with Gasteiger partial charge in [0, 0.05) is 12.6 Å². The highest BCUT2D eigenvalue weighted by Gasteiger charge is 2.18. The van der Waals surface area contributed by atoms with E-state index in [1.54, 1.807) is 0 Å². The molecule has 2 atom stereocenters. The number of nitrogens with one attached hydrogen (secondary N) is 2. The van der Waals surface area contributed by atoms with Crippen molar-refractivity contribution < 1.29 is 14.7 Å². The average Bonchev–Trinajstić information content (AvgIpc) is 2.30. The van der Waals surface area contributed by atoms with Crippen molar-refractivity contribution in [3.8, 4) is 0 Å². The van der Waals surface area contributed by atoms with E-state index in [2.05, 4.69) is 10.6 Å². The van der Waals surface area contributed by atoms with Gasteiger partial charge in [-0.25, -0.2) is 4.79 Å². The maximum atomic E-state index is 11.6. The maximum Gasteiger partial charge on any atom is 0.315 e. The fourth-order valence-electron chi connectivity index (χ4n) is 1.84. The van der Waals surface area contributed by atoms with Gasteiger partial charge in [0.1, 0.15) is 0 Å². The molecule has 0 aromatic heterocycles. The second-order valence-corrected chi connectivity index (χ2v) is 4.94. The highest BCUT2D eigenvalue weighted by Crippen LogP contribution is 2.06. The van der Waals surface area contributed by atoms with Crippen molar-refractivity contribution in [3.63, 3.8) is 0 Å². The summed E-state index contributed by atoms with van der Waals surface area (Å²) >= 11 is 0. The van der Waals surface area contributed by atoms with Crippen molar-refractivity contribution in [2.75, 3.05) is 6.54 Å². The Labute approximate surface area is 109 Å². The molecule has 0 aliphatic carbocycles. The average molecular weight is 258 g/mol. The van der Waals surface area contributed by atoms with Crippen LogP contribution in [-0.2, 0) is 4.79 Å². The lowest BCUT2D eigenvalue weighted by Crippen LogP contribution is -2.46. The molecule has 5 heteroatoms. The molecule has 5 nitrogen and oxygen atoms in total. The van der Waals surface area contributed by atoms with Gasteiger partial charge in [0.2, 0.25) is 0 Å². The first kappa shape index (κ1) is 16.7. The first-order valence-electron chi connectivity index (χ1n) is 6.69. The van der Waals surface area contributed by atoms with Crippen LogP contribution in [0, 0.1) is 11.8 Å². The van der Waals surface area contributed by atoms with E-state index >= 15 is 0 Å². The molecule has 2 amide bonds. The topological polar surface area (TPSA) is 78.4 Å². The first-order valence-corrected chi connectivity index (χ1v) is 6.69. The van der Waals surface area contributed by atoms with Crippen LogP contribution in [0.4, 0.5) is 4.79 Å². The summed E-state index contributed by atoms with van der Waals surface area (Å²) in [5.41, 5.74) is 0. The summed E-state index contributed by atoms with van der Waals surface area (Å²) in [4.78, 5) is 22.5. The van der Waals surface area contributed by atoms with Gasteiger partial charge in [0.25, 0.3) is 0 Å². The predicted molar refractivity (Wildman–Crippen MR) is 71.5 cm³/mol. The minimum Gasteiger partial charge on any atom is -0.481 e. The van der Waals surface area contributed by atoms with E-state index in [-0.39, 0.29) is 18.6 Å². The van der Waals surface area contributed by atoms with Gasteiger partial charge in [-0.15, -0.1) is 0 Å². The third-order valence-corrected chi connectivity index (χ3v) is 3.06. The van der Waals surface area contributed by atoms with Crippen molar-refractivity contribution in [3.05, 3.63) is 0 Å². The number of carboxylic acid groups (broad SMARTS) is 1. The molecule has 0 spiro atoms. The van der Waals surface area contributed by atoms with Crippen LogP contribution in [0.25, 0.3) is 0 Å². The van der Waals surface area contributed by atoms with Gasteiger partial charge in [-0.05, 0) is 18.8 Å². The minimum absolute atomic E-state index is 0.124. The highest BCUT2D eigenvalue weighted by atomic mass is 16.4. The number of carbonyl (C=O) groups is 2. The quantitative estimate of drug-likeness (QED) is 0.624. The maximum absolute atomic E-state index is 11.6. The predicted octanol–water partition coefficient (Wildman–Crippen LogP) is 2.22. The summed E-state index contributed by atoms with van der Waals surface area (Å²) in [6.07, 6.45) is 2.24. The molecule has 0 rings (SSSR count). The van der Waals surface area contributed by atoms with E-state index in [0.717, 1.165) is 12.8 Å². The zero-order valence-electron chi connectivity index (χ0n) is 11.8. The Kier molecular flexibility index (Phi) is 8.16. The van der Waals surface area contributed by atoms with Gasteiger partial charge in [-0.2, -0.15) is 0 Å². The molecular formula is C13H26N2O3. The first-order chi connectivity index (χ1) is 8.42. The standard InChI is InChI=1S/C13H26N2O3/c1-5-7-10(12(16)17)8-14-13(18)15-11(6-2)9(3)4/h9-11H,5-8H2,1-4H3,(H,16,17)(H2,14,15,18). The van der Waals surface area contributed by atoms with Crippen LogP contribution in [0.3, 0.4) is 0 Å². The van der Waals surface area contributed by atoms with Crippen molar-refractivity contribution in [2.24, 2.45) is 11.8 Å². The molecule has 0 aromatic carbocycles. The lowest BCUT2D eigenvalue weighted by Gasteiger charge is -2.21. The molecule has 3 N–H and O–H groups in total. The number of urea groups is 1. The van der Waals surface area contributed by atoms with Gasteiger partial charge < -0.3 is 15.7 Å². The molecular weight excluding hydrogens is 232 g/mol. The monoisotopic (exact) mass is 258 g/mol. The van der Waals surface area contributed by atoms with E-state index < -0.39 is 11.9 Å². The Balaban J connectivity index is 4.11. The molecule has 0 saturated carbocycles. The Morgan fingerprint density at radius 1 is 1.22 bits per heavy atom. The third kappa shape index (κ3) is 6.47. The van der Waals surface area contributed by atoms with E-state index in [1.807, 2.05) is 27.7 Å². The van der Waals surface area contributed by atoms with Crippen LogP contribution < -0.4 is 10.6 Å². The van der Waals surface area contributed by atoms with E-state index in [9.17, 15) is 9.59 Å². The van der Waals surface area contributed by atoms with E-state index in [1.165, 1.54) is 0 Å². The van der Waals surface area contributed by atoms with E-state index in [4.69, 9.17) is 5.11 Å². The zero-order valence-corrected chi connectivity index (χ0v) is 11.8. The summed E-state index contributed by atoms with van der Waals surface area (Å²) in [6, 6.07) is -0.155. The zero-order chi connectivity index (χ0) is 14.1. The fraction of sp³-hybridized carbons (Fsp3) is 0.846. The number of hydrogen-bond acceptors (Lipinski definition) is 2. The van der Waals surface area contributed by atoms with Crippen LogP contribution in [0.2, 0.25) is 0 Å². The molecule has 0 saturated heterocycles. The normalized spacial score (nSPS) is 14.1. The van der Waals surface area contributed by atoms with Gasteiger partial charge in [0.15, 0.2) is 0 Å². The highest BCUT2D eigenvalue weighted by molar-refractivity contribution is 5.76. The number of rotatable bonds is 8. The largest absolute Gasteiger partial charge is 0.481 e. The Hall–Kier alpha value is -1.26. The number of aliphatic carboxylic acids is 1. The molecule has 0 bridgehead atoms. The molecule has 0 radical (unpaired) electrons. The molecule has 0 aromatic rings. The second kappa shape index (κ2) is 8.78. The van der Waals surface area contributed by atoms with Crippen molar-refractivity contribution in [2.45, 2.75) is 53.0 Å². The fourth-order valence-corrected chi connectivity index (χ4v) is 1.84. The minimum atomic E-state index is -0.854. The summed E-state index contributed by atoms with van der Waals surface area (Å²) in [5, 5.41) is 14.5. The SMILES string of the molecule is CCCC(CNC(=O)NC(CC)C(C)C)C(=O)O. The molecule has 18 heavy (non-hydrogen) atoms. The van der Waals surface area contributed by atoms with Crippen LogP contribution in [0.5, 0.6) is 0 Å². The Bertz CT molecular complexity index is 267. The summed E-state index contributed by atoms with van der Waals surface area (Å²) < 4.78 is 0. The van der Waals surface area contributed by atoms with Crippen molar-refractivity contribution >= 4 is 12.0 Å². The van der Waals surface area contributed by atoms with Gasteiger partial charge in [-0.1, -0.05) is 34.1 Å². The third-order valence-electron chi connectivity index (χ3n) is 3.06. The van der Waals surface area contributed by atoms with Crippen LogP contribution in [0.1, 0.15) is 47.0 Å². The van der Waals surface area contributed by atoms with Gasteiger partial charge >= 0.3 is 12.0 Å². The molecule has 0 heterocycles. The summed E-state index contributed by atoms with van der Waals surface area (Å²) in [7, 11) is 0. The number of amides is 2. The number of hydrogen-bond donors (Lipinski definition) is 3. The van der Waals surface area contributed by atoms with Crippen molar-refractivity contribution in [1.82, 2.24) is 10.6 Å². The molecule has 2 unspecified atom stereocenters. The van der Waals surface area contributed by atoms with Crippen LogP contribution in [-0.4, -0.2) is 29.7 Å². The second-order valence-electron chi connectivity index (χ2n) is 4.94. The van der Waals surface area contributed by atoms with Gasteiger partial charge in [-0.3, -0.25) is 4.79 Å². The number of carbonyl (C=O) groups excluding carboxylic acids is 1. The lowest BCUT2D eigenvalue weighted by atomic mass is 10.0. The summed E-state index contributed by atoms with van der Waals surface area (Å²) in [5.74, 6) is -0.986. The van der Waals surface area contributed by atoms with Crippen LogP contribution >= 0.6 is 0 Å². The smallest absolute Gasteiger partial charge is 0.315 e. The molecule has 0 aliphatic rings. The number of carboxylic acids is 1. The Morgan fingerprint density at radius 2 is 1.83 bits per heavy atom. The van der Waals surface area contributed by atoms with Gasteiger partial charge in [0.05, 0.1) is 5.92 Å². The lowest BCUT2D eigenvalue weighted by molar-refractivity contribution is -0.141. The molecule has 0 aliphatic heterocycles. The van der Waals surface area contributed by atoms with Crippen LogP contribution in [0.15, 0.2) is 0 Å². The van der Waals surface area contributed by atoms with E-state index in [0.29, 0.717) is 12.3 Å². The molecule has 0 fully saturated rings. The Morgan fingerprint density at radius 3 is 2.22 bits per heavy atom. The summed E-state index contributed by atoms with van der Waals surface area (Å²) in [6.45, 7) is 8.23. The van der Waals surface area contributed by atoms with Crippen molar-refractivity contribution in [1.29, 1.82) is 0 Å².